The summed E-state index contributed by atoms with van der Waals surface area (Å²) in [7, 11) is 0. The van der Waals surface area contributed by atoms with Gasteiger partial charge in [0.2, 0.25) is 0 Å². The molecule has 2 fully saturated rings. The predicted octanol–water partition coefficient (Wildman–Crippen LogP) is 2.56. The van der Waals surface area contributed by atoms with Gasteiger partial charge in [0, 0.05) is 29.9 Å². The van der Waals surface area contributed by atoms with Crippen molar-refractivity contribution in [1.29, 1.82) is 0 Å². The molecule has 1 unspecified atom stereocenters. The molecule has 2 aliphatic rings. The highest BCUT2D eigenvalue weighted by molar-refractivity contribution is 6.30. The highest BCUT2D eigenvalue weighted by atomic mass is 35.5. The van der Waals surface area contributed by atoms with Crippen molar-refractivity contribution in [3.05, 3.63) is 52.8 Å². The van der Waals surface area contributed by atoms with Crippen LogP contribution in [0, 0.1) is 17.3 Å². The first-order valence-electron chi connectivity index (χ1n) is 11.6. The Hall–Kier alpha value is -3.32. The zero-order valence-electron chi connectivity index (χ0n) is 19.5. The van der Waals surface area contributed by atoms with Gasteiger partial charge in [0.15, 0.2) is 0 Å². The minimum Gasteiger partial charge on any atom is -0.384 e. The lowest BCUT2D eigenvalue weighted by Crippen LogP contribution is -2.42. The fourth-order valence-electron chi connectivity index (χ4n) is 5.38. The third-order valence-corrected chi connectivity index (χ3v) is 7.30. The van der Waals surface area contributed by atoms with Crippen molar-refractivity contribution < 1.29 is 9.90 Å². The summed E-state index contributed by atoms with van der Waals surface area (Å²) in [5.41, 5.74) is 15.1. The van der Waals surface area contributed by atoms with Crippen LogP contribution in [0.4, 0.5) is 5.82 Å². The zero-order valence-corrected chi connectivity index (χ0v) is 20.2. The van der Waals surface area contributed by atoms with E-state index in [0.29, 0.717) is 35.2 Å². The summed E-state index contributed by atoms with van der Waals surface area (Å²) < 4.78 is 3.56. The Bertz CT molecular complexity index is 1330. The van der Waals surface area contributed by atoms with Crippen molar-refractivity contribution in [3.63, 3.8) is 0 Å². The number of amides is 1. The van der Waals surface area contributed by atoms with Crippen LogP contribution in [0.15, 0.2) is 36.7 Å². The van der Waals surface area contributed by atoms with Gasteiger partial charge >= 0.3 is 0 Å². The molecule has 1 aliphatic heterocycles. The molecule has 9 nitrogen and oxygen atoms in total. The smallest absolute Gasteiger partial charge is 0.298 e. The molecule has 1 amide bonds. The highest BCUT2D eigenvalue weighted by Crippen LogP contribution is 2.55. The van der Waals surface area contributed by atoms with E-state index in [4.69, 9.17) is 28.2 Å². The van der Waals surface area contributed by atoms with Gasteiger partial charge in [-0.05, 0) is 55.2 Å². The number of nitrogens with zero attached hydrogens (tertiary/aromatic N) is 5. The molecular formula is C25H28ClN7O2. The first kappa shape index (κ1) is 23.4. The number of halogens is 1. The fourth-order valence-corrected chi connectivity index (χ4v) is 5.59. The molecule has 182 valence electrons. The number of aromatic nitrogens is 4. The lowest BCUT2D eigenvalue weighted by molar-refractivity contribution is -0.125. The molecule has 3 heterocycles. The summed E-state index contributed by atoms with van der Waals surface area (Å²) in [6.45, 7) is 3.64. The van der Waals surface area contributed by atoms with Crippen LogP contribution >= 0.6 is 11.6 Å². The van der Waals surface area contributed by atoms with Crippen molar-refractivity contribution in [2.45, 2.75) is 45.0 Å². The van der Waals surface area contributed by atoms with E-state index in [2.05, 4.69) is 16.9 Å². The molecule has 1 spiro atoms. The van der Waals surface area contributed by atoms with Crippen molar-refractivity contribution in [1.82, 2.24) is 24.5 Å². The highest BCUT2D eigenvalue weighted by Gasteiger charge is 2.51. The average molecular weight is 494 g/mol. The third kappa shape index (κ3) is 4.41. The van der Waals surface area contributed by atoms with E-state index in [1.807, 2.05) is 35.4 Å². The van der Waals surface area contributed by atoms with Gasteiger partial charge in [0.25, 0.3) is 5.91 Å². The van der Waals surface area contributed by atoms with Crippen LogP contribution in [0.25, 0.3) is 11.3 Å². The molecule has 1 aliphatic carbocycles. The SMILES string of the molecule is CC#CC(=O)N1CC[C@]2(C1)C[C@H](n1nc(-c3cnn(Cc4cccc(Cl)c4)c3)c(C(N)O)c1N)C2. The second kappa shape index (κ2) is 9.04. The van der Waals surface area contributed by atoms with Crippen LogP contribution in [-0.4, -0.2) is 48.6 Å². The van der Waals surface area contributed by atoms with E-state index < -0.39 is 6.23 Å². The van der Waals surface area contributed by atoms with Crippen LogP contribution < -0.4 is 11.5 Å². The second-order valence-electron chi connectivity index (χ2n) is 9.51. The number of rotatable bonds is 5. The Morgan fingerprint density at radius 3 is 2.91 bits per heavy atom. The third-order valence-electron chi connectivity index (χ3n) is 7.06. The molecule has 35 heavy (non-hydrogen) atoms. The summed E-state index contributed by atoms with van der Waals surface area (Å²) >= 11 is 6.10. The van der Waals surface area contributed by atoms with E-state index in [9.17, 15) is 9.90 Å². The number of aliphatic hydroxyl groups excluding tert-OH is 1. The van der Waals surface area contributed by atoms with E-state index in [0.717, 1.165) is 36.9 Å². The van der Waals surface area contributed by atoms with Gasteiger partial charge in [-0.15, -0.1) is 0 Å². The molecule has 3 aromatic rings. The van der Waals surface area contributed by atoms with Gasteiger partial charge in [0.1, 0.15) is 17.7 Å². The number of hydrogen-bond acceptors (Lipinski definition) is 6. The summed E-state index contributed by atoms with van der Waals surface area (Å²) in [4.78, 5) is 14.0. The van der Waals surface area contributed by atoms with Crippen LogP contribution in [0.5, 0.6) is 0 Å². The number of hydrogen-bond donors (Lipinski definition) is 3. The van der Waals surface area contributed by atoms with Crippen molar-refractivity contribution >= 4 is 23.3 Å². The quantitative estimate of drug-likeness (QED) is 0.370. The molecule has 10 heteroatoms. The number of benzene rings is 1. The molecular weight excluding hydrogens is 466 g/mol. The number of nitrogen functional groups attached to an aromatic ring is 1. The topological polar surface area (TPSA) is 128 Å². The van der Waals surface area contributed by atoms with E-state index in [1.165, 1.54) is 0 Å². The van der Waals surface area contributed by atoms with E-state index in [1.54, 1.807) is 22.5 Å². The maximum atomic E-state index is 12.2. The zero-order chi connectivity index (χ0) is 24.7. The molecule has 1 saturated carbocycles. The molecule has 0 radical (unpaired) electrons. The van der Waals surface area contributed by atoms with Crippen molar-refractivity contribution in [3.8, 4) is 23.1 Å². The Kier molecular flexibility index (Phi) is 6.05. The minimum absolute atomic E-state index is 0.0671. The Labute approximate surface area is 208 Å². The monoisotopic (exact) mass is 493 g/mol. The number of carbonyl (C=O) groups is 1. The van der Waals surface area contributed by atoms with Gasteiger partial charge in [-0.25, -0.2) is 4.68 Å². The normalized spacial score (nSPS) is 22.1. The van der Waals surface area contributed by atoms with Crippen molar-refractivity contribution in [2.75, 3.05) is 18.8 Å². The number of anilines is 1. The molecule has 1 saturated heterocycles. The van der Waals surface area contributed by atoms with Crippen molar-refractivity contribution in [2.24, 2.45) is 11.1 Å². The standard InChI is InChI=1S/C25H28ClN7O2/c1-2-4-20(34)31-8-7-25(15-31)10-19(11-25)33-23(27)21(24(28)35)22(30-33)17-12-29-32(14-17)13-16-5-3-6-18(26)9-16/h3,5-6,9,12,14,19,24,35H,7-8,10-11,13,15,27-28H2,1H3/t19-,24?,25-. The Balaban J connectivity index is 1.35. The fraction of sp³-hybridized carbons (Fsp3) is 0.400. The molecule has 1 aromatic carbocycles. The average Bonchev–Trinajstić information content (AvgIpc) is 3.50. The van der Waals surface area contributed by atoms with Gasteiger partial charge in [-0.1, -0.05) is 29.7 Å². The summed E-state index contributed by atoms with van der Waals surface area (Å²) in [6, 6.07) is 7.68. The number of carbonyl (C=O) groups excluding carboxylic acids is 1. The first-order chi connectivity index (χ1) is 16.8. The molecule has 5 rings (SSSR count). The predicted molar refractivity (Wildman–Crippen MR) is 133 cm³/mol. The number of aliphatic hydroxyl groups is 1. The molecule has 0 bridgehead atoms. The number of nitrogens with two attached hydrogens (primary N) is 2. The van der Waals surface area contributed by atoms with Crippen LogP contribution in [-0.2, 0) is 11.3 Å². The summed E-state index contributed by atoms with van der Waals surface area (Å²) in [6.07, 6.45) is 4.94. The van der Waals surface area contributed by atoms with Gasteiger partial charge < -0.3 is 21.5 Å². The lowest BCUT2D eigenvalue weighted by atomic mass is 9.65. The Morgan fingerprint density at radius 2 is 2.20 bits per heavy atom. The molecule has 1 atom stereocenters. The van der Waals surface area contributed by atoms with Crippen LogP contribution in [0.1, 0.15) is 49.6 Å². The number of likely N-dealkylation sites (tertiary alicyclic amines) is 1. The van der Waals surface area contributed by atoms with Crippen LogP contribution in [0.2, 0.25) is 5.02 Å². The van der Waals surface area contributed by atoms with Gasteiger partial charge in [0.05, 0.1) is 24.3 Å². The van der Waals surface area contributed by atoms with E-state index in [-0.39, 0.29) is 17.4 Å². The second-order valence-corrected chi connectivity index (χ2v) is 9.94. The van der Waals surface area contributed by atoms with Gasteiger partial charge in [-0.3, -0.25) is 9.48 Å². The largest absolute Gasteiger partial charge is 0.384 e. The van der Waals surface area contributed by atoms with Gasteiger partial charge in [-0.2, -0.15) is 10.2 Å². The maximum absolute atomic E-state index is 12.2. The molecule has 5 N–H and O–H groups in total. The molecule has 2 aromatic heterocycles. The first-order valence-corrected chi connectivity index (χ1v) is 12.0. The lowest BCUT2D eigenvalue weighted by Gasteiger charge is -2.45. The van der Waals surface area contributed by atoms with Crippen LogP contribution in [0.3, 0.4) is 0 Å². The summed E-state index contributed by atoms with van der Waals surface area (Å²) in [5, 5.41) is 20.2. The summed E-state index contributed by atoms with van der Waals surface area (Å²) in [5.74, 6) is 5.56. The maximum Gasteiger partial charge on any atom is 0.298 e. The Morgan fingerprint density at radius 1 is 1.40 bits per heavy atom. The minimum atomic E-state index is -1.27. The van der Waals surface area contributed by atoms with E-state index >= 15 is 0 Å².